The second kappa shape index (κ2) is 6.46. The number of halogens is 1. The van der Waals surface area contributed by atoms with Crippen molar-refractivity contribution < 1.29 is 9.15 Å². The predicted molar refractivity (Wildman–Crippen MR) is 84.4 cm³/mol. The van der Waals surface area contributed by atoms with E-state index in [0.717, 1.165) is 28.2 Å². The maximum Gasteiger partial charge on any atom is 0.119 e. The number of furan rings is 1. The van der Waals surface area contributed by atoms with Crippen molar-refractivity contribution >= 4 is 15.9 Å². The molecule has 1 atom stereocenters. The van der Waals surface area contributed by atoms with Crippen LogP contribution < -0.4 is 10.1 Å². The third-order valence-electron chi connectivity index (χ3n) is 3.48. The normalized spacial score (nSPS) is 12.4. The van der Waals surface area contributed by atoms with Gasteiger partial charge in [0.2, 0.25) is 0 Å². The van der Waals surface area contributed by atoms with Gasteiger partial charge in [-0.3, -0.25) is 0 Å². The van der Waals surface area contributed by atoms with Crippen molar-refractivity contribution in [3.05, 3.63) is 51.4 Å². The minimum Gasteiger partial charge on any atom is -0.497 e. The summed E-state index contributed by atoms with van der Waals surface area (Å²) in [7, 11) is 3.66. The molecule has 2 aromatic rings. The summed E-state index contributed by atoms with van der Waals surface area (Å²) >= 11 is 3.61. The van der Waals surface area contributed by atoms with Gasteiger partial charge >= 0.3 is 0 Å². The molecule has 4 heteroatoms. The van der Waals surface area contributed by atoms with Crippen LogP contribution in [0.25, 0.3) is 0 Å². The van der Waals surface area contributed by atoms with E-state index < -0.39 is 0 Å². The average Bonchev–Trinajstić information content (AvgIpc) is 2.76. The number of rotatable bonds is 5. The Bertz CT molecular complexity index is 592. The minimum atomic E-state index is 0.218. The Hall–Kier alpha value is -1.26. The summed E-state index contributed by atoms with van der Waals surface area (Å²) in [6, 6.07) is 8.36. The van der Waals surface area contributed by atoms with E-state index in [9.17, 15) is 0 Å². The van der Waals surface area contributed by atoms with Gasteiger partial charge in [-0.2, -0.15) is 0 Å². The molecular weight excluding hydrogens is 318 g/mol. The number of ether oxygens (including phenoxy) is 1. The Kier molecular flexibility index (Phi) is 4.89. The van der Waals surface area contributed by atoms with Crippen molar-refractivity contribution in [3.8, 4) is 5.75 Å². The van der Waals surface area contributed by atoms with Gasteiger partial charge in [0, 0.05) is 16.1 Å². The van der Waals surface area contributed by atoms with Crippen LogP contribution in [0.3, 0.4) is 0 Å². The van der Waals surface area contributed by atoms with Crippen molar-refractivity contribution in [1.29, 1.82) is 0 Å². The molecule has 0 radical (unpaired) electrons. The summed E-state index contributed by atoms with van der Waals surface area (Å²) in [5, 5.41) is 3.36. The standard InChI is InChI=1S/C16H20BrNO2/c1-10-7-14(11(2)20-10)16(18-3)9-12-8-13(19-4)5-6-15(12)17/h5-8,16,18H,9H2,1-4H3. The quantitative estimate of drug-likeness (QED) is 0.888. The first-order chi connectivity index (χ1) is 9.55. The highest BCUT2D eigenvalue weighted by Gasteiger charge is 2.17. The minimum absolute atomic E-state index is 0.218. The molecule has 108 valence electrons. The first-order valence-corrected chi connectivity index (χ1v) is 7.41. The molecule has 0 saturated heterocycles. The smallest absolute Gasteiger partial charge is 0.119 e. The monoisotopic (exact) mass is 337 g/mol. The summed E-state index contributed by atoms with van der Waals surface area (Å²) in [6.45, 7) is 3.98. The lowest BCUT2D eigenvalue weighted by molar-refractivity contribution is 0.413. The Morgan fingerprint density at radius 2 is 2.05 bits per heavy atom. The molecule has 1 unspecified atom stereocenters. The molecule has 0 aliphatic heterocycles. The molecule has 3 nitrogen and oxygen atoms in total. The lowest BCUT2D eigenvalue weighted by atomic mass is 9.99. The fourth-order valence-corrected chi connectivity index (χ4v) is 2.83. The van der Waals surface area contributed by atoms with Gasteiger partial charge in [-0.25, -0.2) is 0 Å². The molecule has 0 amide bonds. The largest absolute Gasteiger partial charge is 0.497 e. The van der Waals surface area contributed by atoms with Gasteiger partial charge in [-0.05, 0) is 57.1 Å². The predicted octanol–water partition coefficient (Wildman–Crippen LogP) is 4.17. The van der Waals surface area contributed by atoms with Crippen LogP contribution in [0.2, 0.25) is 0 Å². The van der Waals surface area contributed by atoms with E-state index in [1.807, 2.05) is 33.0 Å². The Labute approximate surface area is 128 Å². The summed E-state index contributed by atoms with van der Waals surface area (Å²) in [5.41, 5.74) is 2.42. The Balaban J connectivity index is 2.28. The van der Waals surface area contributed by atoms with Crippen molar-refractivity contribution in [2.24, 2.45) is 0 Å². The van der Waals surface area contributed by atoms with E-state index in [2.05, 4.69) is 33.4 Å². The number of hydrogen-bond acceptors (Lipinski definition) is 3. The number of benzene rings is 1. The molecule has 1 aromatic heterocycles. The number of hydrogen-bond donors (Lipinski definition) is 1. The number of likely N-dealkylation sites (N-methyl/N-ethyl adjacent to an activating group) is 1. The number of methoxy groups -OCH3 is 1. The third kappa shape index (κ3) is 3.25. The fourth-order valence-electron chi connectivity index (χ4n) is 2.42. The van der Waals surface area contributed by atoms with E-state index in [1.54, 1.807) is 7.11 Å². The molecule has 0 bridgehead atoms. The number of aryl methyl sites for hydroxylation is 2. The molecule has 0 aliphatic carbocycles. The third-order valence-corrected chi connectivity index (χ3v) is 4.25. The Morgan fingerprint density at radius 3 is 2.60 bits per heavy atom. The molecule has 20 heavy (non-hydrogen) atoms. The molecule has 2 rings (SSSR count). The van der Waals surface area contributed by atoms with Gasteiger partial charge in [-0.15, -0.1) is 0 Å². The zero-order valence-corrected chi connectivity index (χ0v) is 13.9. The first-order valence-electron chi connectivity index (χ1n) is 6.61. The highest BCUT2D eigenvalue weighted by atomic mass is 79.9. The SMILES string of the molecule is CNC(Cc1cc(OC)ccc1Br)c1cc(C)oc1C. The molecule has 0 spiro atoms. The summed E-state index contributed by atoms with van der Waals surface area (Å²) < 4.78 is 12.0. The van der Waals surface area contributed by atoms with Crippen LogP contribution in [-0.4, -0.2) is 14.2 Å². The van der Waals surface area contributed by atoms with E-state index in [4.69, 9.17) is 9.15 Å². The lowest BCUT2D eigenvalue weighted by Gasteiger charge is -2.17. The van der Waals surface area contributed by atoms with Gasteiger partial charge in [0.25, 0.3) is 0 Å². The summed E-state index contributed by atoms with van der Waals surface area (Å²) in [6.07, 6.45) is 0.869. The van der Waals surface area contributed by atoms with E-state index in [1.165, 1.54) is 11.1 Å². The van der Waals surface area contributed by atoms with Crippen LogP contribution in [0.5, 0.6) is 5.75 Å². The Morgan fingerprint density at radius 1 is 1.30 bits per heavy atom. The topological polar surface area (TPSA) is 34.4 Å². The van der Waals surface area contributed by atoms with Crippen molar-refractivity contribution in [2.45, 2.75) is 26.3 Å². The second-order valence-corrected chi connectivity index (χ2v) is 5.73. The zero-order valence-electron chi connectivity index (χ0n) is 12.3. The summed E-state index contributed by atoms with van der Waals surface area (Å²) in [4.78, 5) is 0. The van der Waals surface area contributed by atoms with Gasteiger partial charge in [-0.1, -0.05) is 15.9 Å². The molecule has 1 heterocycles. The highest BCUT2D eigenvalue weighted by molar-refractivity contribution is 9.10. The van der Waals surface area contributed by atoms with Crippen molar-refractivity contribution in [1.82, 2.24) is 5.32 Å². The molecule has 0 aliphatic rings. The van der Waals surface area contributed by atoms with Crippen LogP contribution in [0.1, 0.15) is 28.7 Å². The van der Waals surface area contributed by atoms with Crippen molar-refractivity contribution in [2.75, 3.05) is 14.2 Å². The van der Waals surface area contributed by atoms with Crippen LogP contribution in [-0.2, 0) is 6.42 Å². The molecule has 0 fully saturated rings. The molecule has 1 N–H and O–H groups in total. The van der Waals surface area contributed by atoms with Gasteiger partial charge in [0.05, 0.1) is 7.11 Å². The van der Waals surface area contributed by atoms with Crippen LogP contribution in [0.15, 0.2) is 33.2 Å². The van der Waals surface area contributed by atoms with Gasteiger partial charge < -0.3 is 14.5 Å². The van der Waals surface area contributed by atoms with Gasteiger partial charge in [0.15, 0.2) is 0 Å². The highest BCUT2D eigenvalue weighted by Crippen LogP contribution is 2.29. The zero-order chi connectivity index (χ0) is 14.7. The maximum absolute atomic E-state index is 5.63. The van der Waals surface area contributed by atoms with Crippen LogP contribution >= 0.6 is 15.9 Å². The van der Waals surface area contributed by atoms with Gasteiger partial charge in [0.1, 0.15) is 17.3 Å². The van der Waals surface area contributed by atoms with Crippen LogP contribution in [0, 0.1) is 13.8 Å². The second-order valence-electron chi connectivity index (χ2n) is 4.87. The van der Waals surface area contributed by atoms with Crippen molar-refractivity contribution in [3.63, 3.8) is 0 Å². The maximum atomic E-state index is 5.63. The van der Waals surface area contributed by atoms with E-state index in [0.29, 0.717) is 0 Å². The van der Waals surface area contributed by atoms with Crippen LogP contribution in [0.4, 0.5) is 0 Å². The molecule has 1 aromatic carbocycles. The molecule has 0 saturated carbocycles. The fraction of sp³-hybridized carbons (Fsp3) is 0.375. The average molecular weight is 338 g/mol. The lowest BCUT2D eigenvalue weighted by Crippen LogP contribution is -2.19. The molecular formula is C16H20BrNO2. The number of nitrogens with one attached hydrogen (secondary N) is 1. The summed E-state index contributed by atoms with van der Waals surface area (Å²) in [5.74, 6) is 2.79. The van der Waals surface area contributed by atoms with E-state index >= 15 is 0 Å². The first kappa shape index (κ1) is 15.1. The van der Waals surface area contributed by atoms with E-state index in [-0.39, 0.29) is 6.04 Å².